The maximum Gasteiger partial charge on any atom is 0.148 e. The van der Waals surface area contributed by atoms with Gasteiger partial charge in [0.25, 0.3) is 0 Å². The summed E-state index contributed by atoms with van der Waals surface area (Å²) >= 11 is 0. The molecule has 0 amide bonds. The quantitative estimate of drug-likeness (QED) is 0.169. The van der Waals surface area contributed by atoms with Crippen LogP contribution in [-0.2, 0) is 42.7 Å². The minimum atomic E-state index is -0.459. The van der Waals surface area contributed by atoms with Crippen molar-refractivity contribution in [3.63, 3.8) is 0 Å². The minimum absolute atomic E-state index is 0. The molecule has 330 valence electrons. The first-order valence-electron chi connectivity index (χ1n) is 24.4. The van der Waals surface area contributed by atoms with Gasteiger partial charge in [0.15, 0.2) is 0 Å². The van der Waals surface area contributed by atoms with Gasteiger partial charge in [-0.2, -0.15) is 0 Å². The first-order chi connectivity index (χ1) is 31.6. The van der Waals surface area contributed by atoms with Crippen molar-refractivity contribution in [3.8, 4) is 67.5 Å². The molecule has 2 heterocycles. The summed E-state index contributed by atoms with van der Waals surface area (Å²) in [5.74, 6) is 0.542. The van der Waals surface area contributed by atoms with E-state index in [-0.39, 0.29) is 60.7 Å². The van der Waals surface area contributed by atoms with E-state index in [1.54, 1.807) is 0 Å². The van der Waals surface area contributed by atoms with Crippen LogP contribution in [0, 0.1) is 13.0 Å². The number of hydrogen-bond donors (Lipinski definition) is 1. The number of phenols is 1. The fraction of sp³-hybridized carbons (Fsp3) is 0.288. The molecular weight excluding hydrogens is 962 g/mol. The van der Waals surface area contributed by atoms with Gasteiger partial charge in [-0.05, 0) is 86.7 Å². The van der Waals surface area contributed by atoms with Crippen molar-refractivity contribution < 1.29 is 33.0 Å². The van der Waals surface area contributed by atoms with Crippen LogP contribution in [0.15, 0.2) is 133 Å². The van der Waals surface area contributed by atoms with E-state index >= 15 is 0 Å². The van der Waals surface area contributed by atoms with Crippen molar-refractivity contribution in [2.75, 3.05) is 0 Å². The predicted molar refractivity (Wildman–Crippen MR) is 266 cm³/mol. The molecule has 1 N–H and O–H groups in total. The molecule has 0 unspecified atom stereocenters. The number of imidazole rings is 1. The summed E-state index contributed by atoms with van der Waals surface area (Å²) in [6.07, 6.45) is 1.85. The van der Waals surface area contributed by atoms with Gasteiger partial charge in [-0.3, -0.25) is 9.55 Å². The molecule has 0 saturated heterocycles. The van der Waals surface area contributed by atoms with Crippen LogP contribution in [0.3, 0.4) is 0 Å². The van der Waals surface area contributed by atoms with Gasteiger partial charge in [0.1, 0.15) is 11.6 Å². The third-order valence-corrected chi connectivity index (χ3v) is 12.0. The van der Waals surface area contributed by atoms with Crippen molar-refractivity contribution >= 4 is 11.0 Å². The zero-order valence-electron chi connectivity index (χ0n) is 44.4. The van der Waals surface area contributed by atoms with Crippen LogP contribution in [0.1, 0.15) is 118 Å². The molecule has 0 atom stereocenters. The Morgan fingerprint density at radius 2 is 1.20 bits per heavy atom. The molecule has 8 aromatic rings. The summed E-state index contributed by atoms with van der Waals surface area (Å²) in [5, 5.41) is 12.6. The van der Waals surface area contributed by atoms with Crippen molar-refractivity contribution in [1.82, 2.24) is 14.5 Å². The molecule has 0 fully saturated rings. The van der Waals surface area contributed by atoms with E-state index in [0.717, 1.165) is 55.8 Å². The monoisotopic (exact) mass is 1030 g/mol. The average Bonchev–Trinajstić information content (AvgIpc) is 3.66. The Hall–Kier alpha value is -5.57. The number of para-hydroxylation sites is 1. The van der Waals surface area contributed by atoms with Gasteiger partial charge in [0, 0.05) is 44.1 Å². The van der Waals surface area contributed by atoms with Crippen LogP contribution >= 0.6 is 0 Å². The fourth-order valence-electron chi connectivity index (χ4n) is 8.12. The van der Waals surface area contributed by atoms with Crippen LogP contribution in [0.5, 0.6) is 5.75 Å². The summed E-state index contributed by atoms with van der Waals surface area (Å²) in [6, 6.07) is 34.9. The molecule has 0 bridgehead atoms. The number of phenolic OH excluding ortho intramolecular Hbond substituents is 1. The van der Waals surface area contributed by atoms with Gasteiger partial charge in [0.05, 0.1) is 29.1 Å². The summed E-state index contributed by atoms with van der Waals surface area (Å²) < 4.78 is 46.5. The van der Waals surface area contributed by atoms with Crippen LogP contribution in [0.4, 0.5) is 0 Å². The largest absolute Gasteiger partial charge is 0.507 e. The number of fused-ring (bicyclic) bond motifs is 1. The van der Waals surface area contributed by atoms with Gasteiger partial charge in [-0.15, -0.1) is 29.3 Å². The van der Waals surface area contributed by atoms with Crippen LogP contribution in [0.2, 0.25) is 0 Å². The van der Waals surface area contributed by atoms with Crippen molar-refractivity contribution in [3.05, 3.63) is 167 Å². The number of rotatable bonds is 6. The van der Waals surface area contributed by atoms with E-state index in [9.17, 15) is 7.85 Å². The van der Waals surface area contributed by atoms with E-state index in [1.807, 2.05) is 59.3 Å². The Balaban J connectivity index is 0.00000703. The molecule has 0 radical (unpaired) electrons. The van der Waals surface area contributed by atoms with E-state index in [2.05, 4.69) is 145 Å². The summed E-state index contributed by atoms with van der Waals surface area (Å²) in [7, 11) is 0. The fourth-order valence-corrected chi connectivity index (χ4v) is 8.12. The molecule has 5 heteroatoms. The number of aromatic hydroxyl groups is 1. The second-order valence-corrected chi connectivity index (χ2v) is 21.1. The number of aromatic nitrogens is 3. The number of aryl methyl sites for hydroxylation is 1. The molecule has 0 saturated carbocycles. The van der Waals surface area contributed by atoms with Crippen LogP contribution < -0.4 is 0 Å². The van der Waals surface area contributed by atoms with Gasteiger partial charge in [-0.1, -0.05) is 185 Å². The van der Waals surface area contributed by atoms with Crippen molar-refractivity contribution in [1.29, 1.82) is 0 Å². The Labute approximate surface area is 403 Å². The SMILES string of the molecule is [2H]c1c([2H])c([2H])c(-c2cc(C(C)(C)C)ccc2-n2c(-c3cc(C(C)(C)C)cc(C(C)(C)C)c3O)nc3c(-c4[c-]c(-c5cc(-c6ccc(C)cc6)ccn5)cc(C(C)(C)C)c4)cccc32)c([2H])c1[2H].[Pt]. The first kappa shape index (κ1) is 40.0. The number of pyridine rings is 1. The Kier molecular flexibility index (Phi) is 10.7. The molecule has 0 spiro atoms. The third kappa shape index (κ3) is 9.18. The van der Waals surface area contributed by atoms with Crippen LogP contribution in [0.25, 0.3) is 72.7 Å². The Morgan fingerprint density at radius 3 is 1.84 bits per heavy atom. The molecule has 64 heavy (non-hydrogen) atoms. The second-order valence-electron chi connectivity index (χ2n) is 21.1. The molecular formula is C59H62N3OPt-. The van der Waals surface area contributed by atoms with Gasteiger partial charge in [-0.25, -0.2) is 4.98 Å². The van der Waals surface area contributed by atoms with E-state index in [1.165, 1.54) is 5.56 Å². The zero-order valence-corrected chi connectivity index (χ0v) is 41.7. The van der Waals surface area contributed by atoms with E-state index in [4.69, 9.17) is 14.1 Å². The maximum atomic E-state index is 12.6. The molecule has 8 rings (SSSR count). The molecule has 0 aliphatic heterocycles. The predicted octanol–water partition coefficient (Wildman–Crippen LogP) is 15.8. The van der Waals surface area contributed by atoms with Crippen molar-refractivity contribution in [2.24, 2.45) is 0 Å². The van der Waals surface area contributed by atoms with Crippen LogP contribution in [-0.4, -0.2) is 19.6 Å². The minimum Gasteiger partial charge on any atom is -0.507 e. The molecule has 6 aromatic carbocycles. The maximum absolute atomic E-state index is 12.6. The Bertz CT molecular complexity index is 3260. The first-order valence-corrected chi connectivity index (χ1v) is 21.9. The molecule has 2 aromatic heterocycles. The van der Waals surface area contributed by atoms with E-state index in [0.29, 0.717) is 33.7 Å². The topological polar surface area (TPSA) is 50.9 Å². The Morgan fingerprint density at radius 1 is 0.578 bits per heavy atom. The molecule has 4 nitrogen and oxygen atoms in total. The normalized spacial score (nSPS) is 13.5. The second kappa shape index (κ2) is 17.1. The number of nitrogens with zero attached hydrogens (tertiary/aromatic N) is 3. The zero-order chi connectivity index (χ0) is 49.6. The average molecular weight is 1030 g/mol. The summed E-state index contributed by atoms with van der Waals surface area (Å²) in [5.41, 5.74) is 12.0. The van der Waals surface area contributed by atoms with Gasteiger partial charge >= 0.3 is 0 Å². The number of benzene rings is 6. The van der Waals surface area contributed by atoms with Gasteiger partial charge in [0.2, 0.25) is 0 Å². The standard InChI is InChI=1S/C59H62N3O.Pt/c1-37-22-24-38(25-23-37)40-28-29-60-50(33-40)42-30-41(31-44(32-42)57(5,6)7)46-20-17-21-52-53(46)61-55(48-35-45(58(8,9)10)36-49(54(48)63)59(11,12)13)62(52)51-27-26-43(56(2,3)4)34-47(51)39-18-15-14-16-19-39;/h14-29,31-36,63H,1-13H3;/q-1;/i14D,15D,16D,18D,19D;. The van der Waals surface area contributed by atoms with Gasteiger partial charge < -0.3 is 5.11 Å². The van der Waals surface area contributed by atoms with E-state index < -0.39 is 23.5 Å². The smallest absolute Gasteiger partial charge is 0.148 e. The third-order valence-electron chi connectivity index (χ3n) is 12.0. The molecule has 0 aliphatic rings. The van der Waals surface area contributed by atoms with Crippen molar-refractivity contribution in [2.45, 2.75) is 112 Å². The summed E-state index contributed by atoms with van der Waals surface area (Å²) in [4.78, 5) is 10.5. The summed E-state index contributed by atoms with van der Waals surface area (Å²) in [6.45, 7) is 27.6. The number of hydrogen-bond acceptors (Lipinski definition) is 3. The molecule has 0 aliphatic carbocycles.